The van der Waals surface area contributed by atoms with Crippen LogP contribution in [0.2, 0.25) is 0 Å². The van der Waals surface area contributed by atoms with Gasteiger partial charge in [0.1, 0.15) is 17.5 Å². The van der Waals surface area contributed by atoms with Crippen LogP contribution in [-0.4, -0.2) is 52.3 Å². The van der Waals surface area contributed by atoms with Gasteiger partial charge in [0.25, 0.3) is 0 Å². The van der Waals surface area contributed by atoms with Crippen LogP contribution in [0, 0.1) is 6.92 Å². The number of hydrogen-bond donors (Lipinski definition) is 1. The lowest BCUT2D eigenvalue weighted by Gasteiger charge is -2.39. The summed E-state index contributed by atoms with van der Waals surface area (Å²) < 4.78 is 5.77. The van der Waals surface area contributed by atoms with Gasteiger partial charge >= 0.3 is 0 Å². The van der Waals surface area contributed by atoms with Crippen molar-refractivity contribution in [2.24, 2.45) is 0 Å². The molecule has 148 valence electrons. The van der Waals surface area contributed by atoms with Gasteiger partial charge in [0.05, 0.1) is 18.0 Å². The molecule has 0 radical (unpaired) electrons. The van der Waals surface area contributed by atoms with Crippen LogP contribution in [0.5, 0.6) is 0 Å². The molecule has 1 spiro atoms. The second-order valence-electron chi connectivity index (χ2n) is 8.29. The predicted molar refractivity (Wildman–Crippen MR) is 108 cm³/mol. The molecule has 28 heavy (non-hydrogen) atoms. The van der Waals surface area contributed by atoms with Crippen LogP contribution >= 0.6 is 0 Å². The molecule has 2 aromatic rings. The number of fused-ring (bicyclic) bond motifs is 2. The van der Waals surface area contributed by atoms with E-state index in [0.29, 0.717) is 6.10 Å². The van der Waals surface area contributed by atoms with Crippen molar-refractivity contribution in [3.63, 3.8) is 0 Å². The van der Waals surface area contributed by atoms with Gasteiger partial charge in [0, 0.05) is 49.6 Å². The average Bonchev–Trinajstić information content (AvgIpc) is 3.37. The number of aromatic nitrogens is 4. The molecule has 1 atom stereocenters. The zero-order valence-electron chi connectivity index (χ0n) is 16.5. The first kappa shape index (κ1) is 17.8. The largest absolute Gasteiger partial charge is 0.376 e. The third-order valence-corrected chi connectivity index (χ3v) is 6.59. The lowest BCUT2D eigenvalue weighted by molar-refractivity contribution is 0.120. The molecule has 1 N–H and O–H groups in total. The molecule has 0 bridgehead atoms. The summed E-state index contributed by atoms with van der Waals surface area (Å²) in [4.78, 5) is 20.7. The van der Waals surface area contributed by atoms with Crippen molar-refractivity contribution in [3.8, 4) is 0 Å². The van der Waals surface area contributed by atoms with E-state index in [-0.39, 0.29) is 5.41 Å². The van der Waals surface area contributed by atoms with Crippen LogP contribution in [0.1, 0.15) is 49.2 Å². The summed E-state index contributed by atoms with van der Waals surface area (Å²) in [5.74, 6) is 2.88. The van der Waals surface area contributed by atoms with E-state index in [0.717, 1.165) is 69.4 Å². The Balaban J connectivity index is 1.34. The SMILES string of the molecule is Cc1nc(NCC2CCCO2)c2c(n1)C1(CC2)CCN(c2cnccn2)CC1. The number of piperidine rings is 1. The quantitative estimate of drug-likeness (QED) is 0.874. The Morgan fingerprint density at radius 2 is 2.11 bits per heavy atom. The van der Waals surface area contributed by atoms with Gasteiger partial charge in [-0.2, -0.15) is 0 Å². The lowest BCUT2D eigenvalue weighted by atomic mass is 9.76. The van der Waals surface area contributed by atoms with Gasteiger partial charge < -0.3 is 15.0 Å². The molecule has 3 aliphatic rings. The number of anilines is 2. The summed E-state index contributed by atoms with van der Waals surface area (Å²) in [6, 6.07) is 0. The predicted octanol–water partition coefficient (Wildman–Crippen LogP) is 2.65. The summed E-state index contributed by atoms with van der Waals surface area (Å²) in [7, 11) is 0. The van der Waals surface area contributed by atoms with Crippen molar-refractivity contribution < 1.29 is 4.74 Å². The van der Waals surface area contributed by atoms with Crippen LogP contribution in [0.25, 0.3) is 0 Å². The maximum Gasteiger partial charge on any atom is 0.147 e. The molecule has 4 heterocycles. The second-order valence-corrected chi connectivity index (χ2v) is 8.29. The molecular formula is C21H28N6O. The minimum atomic E-state index is 0.183. The van der Waals surface area contributed by atoms with E-state index in [4.69, 9.17) is 14.7 Å². The van der Waals surface area contributed by atoms with Gasteiger partial charge in [-0.15, -0.1) is 0 Å². The molecule has 7 heteroatoms. The molecule has 1 aliphatic carbocycles. The van der Waals surface area contributed by atoms with Crippen molar-refractivity contribution in [2.75, 3.05) is 36.5 Å². The Kier molecular flexibility index (Phi) is 4.62. The van der Waals surface area contributed by atoms with E-state index in [1.807, 2.05) is 13.1 Å². The van der Waals surface area contributed by atoms with E-state index >= 15 is 0 Å². The number of rotatable bonds is 4. The van der Waals surface area contributed by atoms with Gasteiger partial charge in [-0.3, -0.25) is 4.98 Å². The third-order valence-electron chi connectivity index (χ3n) is 6.59. The minimum absolute atomic E-state index is 0.183. The zero-order valence-corrected chi connectivity index (χ0v) is 16.5. The maximum absolute atomic E-state index is 5.77. The number of hydrogen-bond acceptors (Lipinski definition) is 7. The molecule has 2 fully saturated rings. The number of ether oxygens (including phenoxy) is 1. The maximum atomic E-state index is 5.77. The third kappa shape index (κ3) is 3.21. The molecule has 2 saturated heterocycles. The Hall–Kier alpha value is -2.28. The average molecular weight is 380 g/mol. The van der Waals surface area contributed by atoms with E-state index in [2.05, 4.69) is 20.2 Å². The van der Waals surface area contributed by atoms with Crippen molar-refractivity contribution in [3.05, 3.63) is 35.7 Å². The fraction of sp³-hybridized carbons (Fsp3) is 0.619. The first-order chi connectivity index (χ1) is 13.7. The van der Waals surface area contributed by atoms with Crippen molar-refractivity contribution in [1.82, 2.24) is 19.9 Å². The summed E-state index contributed by atoms with van der Waals surface area (Å²) >= 11 is 0. The molecule has 0 saturated carbocycles. The van der Waals surface area contributed by atoms with Gasteiger partial charge in [0.15, 0.2) is 0 Å². The first-order valence-electron chi connectivity index (χ1n) is 10.5. The molecule has 2 aromatic heterocycles. The summed E-state index contributed by atoms with van der Waals surface area (Å²) in [5.41, 5.74) is 2.80. The fourth-order valence-electron chi connectivity index (χ4n) is 5.02. The summed E-state index contributed by atoms with van der Waals surface area (Å²) in [5, 5.41) is 3.58. The molecule has 5 rings (SSSR count). The van der Waals surface area contributed by atoms with Crippen molar-refractivity contribution >= 4 is 11.6 Å². The lowest BCUT2D eigenvalue weighted by Crippen LogP contribution is -2.42. The number of nitrogens with zero attached hydrogens (tertiary/aromatic N) is 5. The van der Waals surface area contributed by atoms with Gasteiger partial charge in [-0.05, 0) is 45.4 Å². The van der Waals surface area contributed by atoms with E-state index in [1.54, 1.807) is 12.4 Å². The highest BCUT2D eigenvalue weighted by molar-refractivity contribution is 5.53. The zero-order chi connectivity index (χ0) is 19.0. The van der Waals surface area contributed by atoms with E-state index in [9.17, 15) is 0 Å². The summed E-state index contributed by atoms with van der Waals surface area (Å²) in [6.07, 6.45) is 12.4. The first-order valence-corrected chi connectivity index (χ1v) is 10.5. The monoisotopic (exact) mass is 380 g/mol. The van der Waals surface area contributed by atoms with Gasteiger partial charge in [0.2, 0.25) is 0 Å². The van der Waals surface area contributed by atoms with Crippen molar-refractivity contribution in [2.45, 2.75) is 57.0 Å². The molecule has 7 nitrogen and oxygen atoms in total. The van der Waals surface area contributed by atoms with Crippen LogP contribution in [-0.2, 0) is 16.6 Å². The topological polar surface area (TPSA) is 76.1 Å². The molecular weight excluding hydrogens is 352 g/mol. The number of aryl methyl sites for hydroxylation is 1. The molecule has 0 amide bonds. The van der Waals surface area contributed by atoms with E-state index < -0.39 is 0 Å². The highest BCUT2D eigenvalue weighted by Crippen LogP contribution is 2.47. The molecule has 0 aromatic carbocycles. The summed E-state index contributed by atoms with van der Waals surface area (Å²) in [6.45, 7) is 5.74. The second kappa shape index (κ2) is 7.28. The van der Waals surface area contributed by atoms with Gasteiger partial charge in [-0.25, -0.2) is 15.0 Å². The van der Waals surface area contributed by atoms with Crippen LogP contribution in [0.15, 0.2) is 18.6 Å². The Morgan fingerprint density at radius 1 is 1.21 bits per heavy atom. The van der Waals surface area contributed by atoms with Crippen LogP contribution in [0.3, 0.4) is 0 Å². The van der Waals surface area contributed by atoms with Crippen molar-refractivity contribution in [1.29, 1.82) is 0 Å². The van der Waals surface area contributed by atoms with E-state index in [1.165, 1.54) is 24.1 Å². The van der Waals surface area contributed by atoms with Gasteiger partial charge in [-0.1, -0.05) is 0 Å². The minimum Gasteiger partial charge on any atom is -0.376 e. The molecule has 1 unspecified atom stereocenters. The molecule has 2 aliphatic heterocycles. The Bertz CT molecular complexity index is 828. The smallest absolute Gasteiger partial charge is 0.147 e. The highest BCUT2D eigenvalue weighted by atomic mass is 16.5. The standard InChI is InChI=1S/C21H28N6O/c1-15-25-19-17(20(26-15)24-13-16-3-2-12-28-16)4-5-21(19)6-10-27(11-7-21)18-14-22-8-9-23-18/h8-9,14,16H,2-7,10-13H2,1H3,(H,24,25,26). The highest BCUT2D eigenvalue weighted by Gasteiger charge is 2.44. The number of nitrogens with one attached hydrogen (secondary N) is 1. The fourth-order valence-corrected chi connectivity index (χ4v) is 5.02. The van der Waals surface area contributed by atoms with Crippen LogP contribution in [0.4, 0.5) is 11.6 Å². The Labute approximate surface area is 166 Å². The Morgan fingerprint density at radius 3 is 2.86 bits per heavy atom. The van der Waals surface area contributed by atoms with Crippen LogP contribution < -0.4 is 10.2 Å². The normalized spacial score (nSPS) is 23.2.